The second kappa shape index (κ2) is 13.1. The second-order valence-electron chi connectivity index (χ2n) is 12.1. The largest absolute Gasteiger partial charge is 2.00 e. The van der Waals surface area contributed by atoms with E-state index in [0.29, 0.717) is 62.2 Å². The number of nitrogens with zero attached hydrogens (tertiary/aromatic N) is 3. The first-order chi connectivity index (χ1) is 22.1. The molecule has 0 radical (unpaired) electrons. The molecular formula is C36H37MgN4O6-. The predicted molar refractivity (Wildman–Crippen MR) is 179 cm³/mol. The van der Waals surface area contributed by atoms with Crippen LogP contribution >= 0.6 is 0 Å². The van der Waals surface area contributed by atoms with Gasteiger partial charge in [0.2, 0.25) is 0 Å². The number of Topliss-reactive ketones (excluding diaryl/α,β-unsaturated/α-hetero) is 1. The maximum Gasteiger partial charge on any atom is 2.00 e. The summed E-state index contributed by atoms with van der Waals surface area (Å²) in [6.07, 6.45) is 9.70. The Hall–Kier alpha value is -4.22. The van der Waals surface area contributed by atoms with Crippen LogP contribution in [0.2, 0.25) is 0 Å². The smallest absolute Gasteiger partial charge is 0.657 e. The van der Waals surface area contributed by atoms with E-state index in [0.717, 1.165) is 34.3 Å². The van der Waals surface area contributed by atoms with Gasteiger partial charge in [0.1, 0.15) is 5.92 Å². The topological polar surface area (TPSA) is 144 Å². The number of methoxy groups -OCH3 is 2. The van der Waals surface area contributed by atoms with E-state index in [1.54, 1.807) is 6.08 Å². The van der Waals surface area contributed by atoms with E-state index in [-0.39, 0.29) is 53.1 Å². The number of esters is 2. The molecule has 3 aromatic heterocycles. The molecule has 2 N–H and O–H groups in total. The fraction of sp³-hybridized carbons (Fsp3) is 0.361. The van der Waals surface area contributed by atoms with E-state index in [9.17, 15) is 19.5 Å². The fourth-order valence-corrected chi connectivity index (χ4v) is 7.35. The third kappa shape index (κ3) is 5.39. The van der Waals surface area contributed by atoms with Crippen molar-refractivity contribution in [3.63, 3.8) is 0 Å². The number of nitrogens with one attached hydrogen (secondary N) is 1. The van der Waals surface area contributed by atoms with Crippen molar-refractivity contribution in [3.05, 3.63) is 78.4 Å². The van der Waals surface area contributed by atoms with Gasteiger partial charge in [0.05, 0.1) is 26.5 Å². The van der Waals surface area contributed by atoms with Gasteiger partial charge >= 0.3 is 35.0 Å². The number of aliphatic hydroxyl groups excluding tert-OH is 1. The number of ether oxygens (including phenoxy) is 2. The van der Waals surface area contributed by atoms with Gasteiger partial charge in [-0.1, -0.05) is 61.4 Å². The Morgan fingerprint density at radius 2 is 1.74 bits per heavy atom. The third-order valence-electron chi connectivity index (χ3n) is 9.87. The Morgan fingerprint density at radius 1 is 1.02 bits per heavy atom. The summed E-state index contributed by atoms with van der Waals surface area (Å²) in [5.41, 5.74) is 7.02. The zero-order valence-electron chi connectivity index (χ0n) is 27.6. The summed E-state index contributed by atoms with van der Waals surface area (Å²) in [5.74, 6) is -2.81. The number of rotatable bonds is 6. The molecule has 2 aliphatic heterocycles. The molecule has 0 spiro atoms. The van der Waals surface area contributed by atoms with Crippen LogP contribution < -0.4 is 41.5 Å². The van der Waals surface area contributed by atoms with E-state index in [1.165, 1.54) is 14.2 Å². The molecule has 1 fully saturated rings. The molecule has 1 unspecified atom stereocenters. The fourth-order valence-electron chi connectivity index (χ4n) is 7.35. The molecule has 47 heavy (non-hydrogen) atoms. The van der Waals surface area contributed by atoms with Crippen LogP contribution in [-0.2, 0) is 25.5 Å². The van der Waals surface area contributed by atoms with Crippen molar-refractivity contribution in [2.45, 2.75) is 53.0 Å². The van der Waals surface area contributed by atoms with Crippen LogP contribution in [0, 0.1) is 31.6 Å². The number of hydrogen-bond donors (Lipinski definition) is 2. The summed E-state index contributed by atoms with van der Waals surface area (Å²) in [4.78, 5) is 54.5. The predicted octanol–water partition coefficient (Wildman–Crippen LogP) is 0.621. The van der Waals surface area contributed by atoms with E-state index >= 15 is 0 Å². The molecule has 3 aromatic rings. The summed E-state index contributed by atoms with van der Waals surface area (Å²) >= 11 is 0. The Morgan fingerprint density at radius 3 is 2.38 bits per heavy atom. The number of aromatic nitrogens is 3. The number of carbonyl (C=O) groups is 3. The van der Waals surface area contributed by atoms with Gasteiger partial charge in [-0.25, -0.2) is 0 Å². The van der Waals surface area contributed by atoms with Gasteiger partial charge < -0.3 is 34.8 Å². The van der Waals surface area contributed by atoms with Crippen molar-refractivity contribution in [3.8, 4) is 0 Å². The van der Waals surface area contributed by atoms with Crippen molar-refractivity contribution in [1.29, 1.82) is 0 Å². The molecule has 0 aromatic carbocycles. The minimum atomic E-state index is -1.17. The molecule has 10 nitrogen and oxygen atoms in total. The van der Waals surface area contributed by atoms with Gasteiger partial charge in [-0.3, -0.25) is 14.4 Å². The monoisotopic (exact) mass is 645 g/mol. The Labute approximate surface area is 288 Å². The molecule has 1 saturated heterocycles. The van der Waals surface area contributed by atoms with Crippen LogP contribution in [0.1, 0.15) is 76.4 Å². The van der Waals surface area contributed by atoms with Crippen molar-refractivity contribution in [2.75, 3.05) is 14.2 Å². The number of aliphatic hydroxyl groups is 1. The minimum Gasteiger partial charge on any atom is -0.657 e. The van der Waals surface area contributed by atoms with Crippen molar-refractivity contribution < 1.29 is 29.0 Å². The molecule has 6 rings (SSSR count). The average Bonchev–Trinajstić information content (AvgIpc) is 3.79. The molecule has 3 aliphatic rings. The standard InChI is InChI=1S/C36H37N4O6.Mg/c1-8-19-16(3)23-12-24-17(4)21(10-11-29(42)45-6)33(39-24)31-32(36(44)46-7)35(43)30-18(5)25(40-34(30)31)13-27-20(9-2)22(15-41)28(38-27)14-26(19)37-23;/h8,12-15,17,21,32-33,39H,1,9-11H2,2-7H3,(H,41,43);/q-3;+2/b24-12-,28-14-;/t17-,21-,32+,33?;/m0./s1. The molecule has 5 heterocycles. The Balaban J connectivity index is 0.00000433. The first-order valence-corrected chi connectivity index (χ1v) is 15.5. The van der Waals surface area contributed by atoms with E-state index in [2.05, 4.69) is 18.8 Å². The van der Waals surface area contributed by atoms with E-state index < -0.39 is 17.9 Å². The normalized spacial score (nSPS) is 23.9. The van der Waals surface area contributed by atoms with Crippen LogP contribution in [-0.4, -0.2) is 66.1 Å². The molecule has 8 bridgehead atoms. The zero-order valence-corrected chi connectivity index (χ0v) is 29.0. The molecular weight excluding hydrogens is 609 g/mol. The first-order valence-electron chi connectivity index (χ1n) is 15.5. The third-order valence-corrected chi connectivity index (χ3v) is 9.87. The number of fused-ring (bicyclic) bond motifs is 8. The number of hydrogen-bond acceptors (Lipinski definition) is 7. The summed E-state index contributed by atoms with van der Waals surface area (Å²) in [5, 5.41) is 16.1. The summed E-state index contributed by atoms with van der Waals surface area (Å²) in [6, 6.07) is -0.499. The van der Waals surface area contributed by atoms with Crippen LogP contribution in [0.25, 0.3) is 36.1 Å². The van der Waals surface area contributed by atoms with Crippen LogP contribution in [0.4, 0.5) is 0 Å². The Kier molecular flexibility index (Phi) is 9.52. The molecule has 240 valence electrons. The molecule has 0 amide bonds. The van der Waals surface area contributed by atoms with Crippen molar-refractivity contribution in [2.24, 2.45) is 17.8 Å². The first kappa shape index (κ1) is 34.1. The minimum absolute atomic E-state index is 0. The van der Waals surface area contributed by atoms with Gasteiger partial charge in [-0.05, 0) is 49.0 Å². The summed E-state index contributed by atoms with van der Waals surface area (Å²) < 4.78 is 10.1. The number of carbonyl (C=O) groups excluding carboxylic acids is 3. The average molecular weight is 646 g/mol. The maximum atomic E-state index is 14.1. The maximum absolute atomic E-state index is 14.1. The van der Waals surface area contributed by atoms with E-state index in [4.69, 9.17) is 24.4 Å². The van der Waals surface area contributed by atoms with Gasteiger partial charge in [-0.2, -0.15) is 0 Å². The number of allylic oxidation sites excluding steroid dienone is 1. The van der Waals surface area contributed by atoms with Crippen LogP contribution in [0.5, 0.6) is 0 Å². The zero-order chi connectivity index (χ0) is 33.0. The summed E-state index contributed by atoms with van der Waals surface area (Å²) in [7, 11) is 2.63. The van der Waals surface area contributed by atoms with Crippen molar-refractivity contribution in [1.82, 2.24) is 20.3 Å². The second-order valence-corrected chi connectivity index (χ2v) is 12.1. The molecule has 1 aliphatic carbocycles. The van der Waals surface area contributed by atoms with Crippen molar-refractivity contribution >= 4 is 76.9 Å². The van der Waals surface area contributed by atoms with Gasteiger partial charge in [0.15, 0.2) is 5.78 Å². The van der Waals surface area contributed by atoms with Crippen LogP contribution in [0.15, 0.2) is 12.3 Å². The molecule has 11 heteroatoms. The quantitative estimate of drug-likeness (QED) is 0.222. The number of ketones is 1. The van der Waals surface area contributed by atoms with Gasteiger partial charge in [0.25, 0.3) is 0 Å². The SMILES string of the molecule is C=Cc1c2[n-]c(c1C)/C=C1\NC(C3=c4[n-]/c(c(C)c4C(=O)[C@@H]3C(=O)OC)=C\c3[n-]c(/c(=C/O)c3CC)=C\2)[C@@H](CCC(=O)OC)[C@@H]1C.[Mg+2]. The summed E-state index contributed by atoms with van der Waals surface area (Å²) in [6.45, 7) is 11.9. The molecule has 4 atom stereocenters. The Bertz CT molecular complexity index is 2100. The van der Waals surface area contributed by atoms with E-state index in [1.807, 2.05) is 39.0 Å². The van der Waals surface area contributed by atoms with Crippen LogP contribution in [0.3, 0.4) is 0 Å². The van der Waals surface area contributed by atoms with Gasteiger partial charge in [0, 0.05) is 23.6 Å². The molecule has 0 saturated carbocycles. The van der Waals surface area contributed by atoms with Gasteiger partial charge in [-0.15, -0.1) is 33.1 Å².